The molecule has 0 spiro atoms. The van der Waals surface area contributed by atoms with E-state index in [1.165, 1.54) is 0 Å². The van der Waals surface area contributed by atoms with Gasteiger partial charge < -0.3 is 0 Å². The van der Waals surface area contributed by atoms with Crippen LogP contribution in [0.5, 0.6) is 0 Å². The first-order valence-corrected chi connectivity index (χ1v) is 9.53. The molecule has 0 atom stereocenters. The van der Waals surface area contributed by atoms with Crippen molar-refractivity contribution >= 4 is 54.4 Å². The van der Waals surface area contributed by atoms with Crippen molar-refractivity contribution in [3.8, 4) is 0 Å². The molecule has 0 amide bonds. The maximum absolute atomic E-state index is 12.3. The molecule has 1 heterocycles. The lowest BCUT2D eigenvalue weighted by molar-refractivity contribution is 0.427. The Balaban J connectivity index is 2.13. The molecule has 0 aromatic heterocycles. The van der Waals surface area contributed by atoms with Gasteiger partial charge in [0, 0.05) is 21.1 Å². The van der Waals surface area contributed by atoms with E-state index in [1.807, 2.05) is 12.1 Å². The van der Waals surface area contributed by atoms with Crippen molar-refractivity contribution in [3.05, 3.63) is 26.2 Å². The van der Waals surface area contributed by atoms with Crippen LogP contribution in [-0.2, 0) is 10.2 Å². The third-order valence-corrected chi connectivity index (χ3v) is 6.94. The summed E-state index contributed by atoms with van der Waals surface area (Å²) in [5.74, 6) is 0. The van der Waals surface area contributed by atoms with Crippen LogP contribution in [0.3, 0.4) is 0 Å². The van der Waals surface area contributed by atoms with Crippen molar-refractivity contribution in [2.75, 3.05) is 17.8 Å². The van der Waals surface area contributed by atoms with E-state index in [0.717, 1.165) is 33.7 Å². The second-order valence-corrected chi connectivity index (χ2v) is 8.24. The lowest BCUT2D eigenvalue weighted by Crippen LogP contribution is -2.36. The highest BCUT2D eigenvalue weighted by Gasteiger charge is 2.22. The summed E-state index contributed by atoms with van der Waals surface area (Å²) in [4.78, 5) is 0. The lowest BCUT2D eigenvalue weighted by Gasteiger charge is -2.20. The molecular formula is C12H16BrIN2O2S. The summed E-state index contributed by atoms with van der Waals surface area (Å²) in [6.45, 7) is 1.23. The van der Waals surface area contributed by atoms with Crippen LogP contribution in [0.15, 0.2) is 22.7 Å². The first kappa shape index (κ1) is 15.5. The number of nitrogens with zero attached hydrogens (tertiary/aromatic N) is 1. The minimum absolute atomic E-state index is 0.608. The average Bonchev–Trinajstić information content (AvgIpc) is 2.63. The number of nitrogens with one attached hydrogen (secondary N) is 1. The predicted molar refractivity (Wildman–Crippen MR) is 89.4 cm³/mol. The molecule has 1 aliphatic rings. The van der Waals surface area contributed by atoms with Crippen LogP contribution >= 0.6 is 38.5 Å². The minimum Gasteiger partial charge on any atom is -0.271 e. The van der Waals surface area contributed by atoms with E-state index < -0.39 is 10.2 Å². The quantitative estimate of drug-likeness (QED) is 0.703. The molecule has 1 saturated heterocycles. The molecule has 0 bridgehead atoms. The van der Waals surface area contributed by atoms with Gasteiger partial charge in [0.1, 0.15) is 0 Å². The molecular weight excluding hydrogens is 443 g/mol. The highest BCUT2D eigenvalue weighted by atomic mass is 127. The Labute approximate surface area is 136 Å². The first-order chi connectivity index (χ1) is 8.99. The summed E-state index contributed by atoms with van der Waals surface area (Å²) in [7, 11) is -3.42. The lowest BCUT2D eigenvalue weighted by atomic mass is 10.2. The Kier molecular flexibility index (Phi) is 5.50. The van der Waals surface area contributed by atoms with Crippen LogP contribution in [0.4, 0.5) is 5.69 Å². The molecule has 1 N–H and O–H groups in total. The predicted octanol–water partition coefficient (Wildman–Crippen LogP) is 3.59. The zero-order valence-corrected chi connectivity index (χ0v) is 15.0. The molecule has 7 heteroatoms. The van der Waals surface area contributed by atoms with Gasteiger partial charge in [0.25, 0.3) is 0 Å². The first-order valence-electron chi connectivity index (χ1n) is 6.22. The van der Waals surface area contributed by atoms with E-state index in [0.29, 0.717) is 18.8 Å². The molecule has 1 aromatic rings. The number of hydrogen-bond donors (Lipinski definition) is 1. The van der Waals surface area contributed by atoms with E-state index >= 15 is 0 Å². The van der Waals surface area contributed by atoms with Crippen molar-refractivity contribution in [1.82, 2.24) is 4.31 Å². The SMILES string of the molecule is O=S(=O)(Nc1ccc(Br)c(I)c1)N1CCCCCC1. The fourth-order valence-corrected chi connectivity index (χ4v) is 4.11. The van der Waals surface area contributed by atoms with Gasteiger partial charge in [-0.05, 0) is 69.6 Å². The van der Waals surface area contributed by atoms with Gasteiger partial charge in [-0.1, -0.05) is 12.8 Å². The normalized spacial score (nSPS) is 18.0. The summed E-state index contributed by atoms with van der Waals surface area (Å²) >= 11 is 5.57. The summed E-state index contributed by atoms with van der Waals surface area (Å²) in [6.07, 6.45) is 4.11. The van der Waals surface area contributed by atoms with E-state index in [-0.39, 0.29) is 0 Å². The van der Waals surface area contributed by atoms with Crippen LogP contribution in [-0.4, -0.2) is 25.8 Å². The highest BCUT2D eigenvalue weighted by Crippen LogP contribution is 2.24. The number of anilines is 1. The minimum atomic E-state index is -3.42. The molecule has 106 valence electrons. The number of rotatable bonds is 3. The summed E-state index contributed by atoms with van der Waals surface area (Å²) in [5.41, 5.74) is 0.608. The molecule has 0 saturated carbocycles. The molecule has 1 fully saturated rings. The zero-order valence-electron chi connectivity index (χ0n) is 10.4. The van der Waals surface area contributed by atoms with Gasteiger partial charge in [-0.3, -0.25) is 4.72 Å². The van der Waals surface area contributed by atoms with Gasteiger partial charge in [-0.15, -0.1) is 0 Å². The van der Waals surface area contributed by atoms with Crippen molar-refractivity contribution in [3.63, 3.8) is 0 Å². The molecule has 4 nitrogen and oxygen atoms in total. The summed E-state index contributed by atoms with van der Waals surface area (Å²) in [5, 5.41) is 0. The molecule has 1 aromatic carbocycles. The fraction of sp³-hybridized carbons (Fsp3) is 0.500. The van der Waals surface area contributed by atoms with Gasteiger partial charge in [0.15, 0.2) is 0 Å². The van der Waals surface area contributed by atoms with E-state index in [2.05, 4.69) is 43.2 Å². The molecule has 1 aliphatic heterocycles. The van der Waals surface area contributed by atoms with Crippen LogP contribution in [0, 0.1) is 3.57 Å². The Morgan fingerprint density at radius 2 is 1.79 bits per heavy atom. The van der Waals surface area contributed by atoms with Gasteiger partial charge in [-0.25, -0.2) is 0 Å². The smallest absolute Gasteiger partial charge is 0.271 e. The zero-order chi connectivity index (χ0) is 13.9. The standard InChI is InChI=1S/C12H16BrIN2O2S/c13-11-6-5-10(9-12(11)14)15-19(17,18)16-7-3-1-2-4-8-16/h5-6,9,15H,1-4,7-8H2. The van der Waals surface area contributed by atoms with E-state index in [1.54, 1.807) is 10.4 Å². The molecule has 2 rings (SSSR count). The van der Waals surface area contributed by atoms with Gasteiger partial charge in [0.05, 0.1) is 5.69 Å². The van der Waals surface area contributed by atoms with Crippen molar-refractivity contribution < 1.29 is 8.42 Å². The topological polar surface area (TPSA) is 49.4 Å². The Morgan fingerprint density at radius 3 is 2.37 bits per heavy atom. The summed E-state index contributed by atoms with van der Waals surface area (Å²) in [6, 6.07) is 5.43. The van der Waals surface area contributed by atoms with Gasteiger partial charge in [0.2, 0.25) is 0 Å². The second kappa shape index (κ2) is 6.73. The van der Waals surface area contributed by atoms with Crippen molar-refractivity contribution in [1.29, 1.82) is 0 Å². The molecule has 0 aliphatic carbocycles. The number of benzene rings is 1. The summed E-state index contributed by atoms with van der Waals surface area (Å²) < 4.78 is 30.8. The highest BCUT2D eigenvalue weighted by molar-refractivity contribution is 14.1. The Morgan fingerprint density at radius 1 is 1.16 bits per heavy atom. The largest absolute Gasteiger partial charge is 0.301 e. The number of hydrogen-bond acceptors (Lipinski definition) is 2. The van der Waals surface area contributed by atoms with Crippen molar-refractivity contribution in [2.45, 2.75) is 25.7 Å². The number of halogens is 2. The van der Waals surface area contributed by atoms with Gasteiger partial charge in [-0.2, -0.15) is 12.7 Å². The molecule has 0 unspecified atom stereocenters. The van der Waals surface area contributed by atoms with Crippen LogP contribution in [0.25, 0.3) is 0 Å². The van der Waals surface area contributed by atoms with Crippen molar-refractivity contribution in [2.24, 2.45) is 0 Å². The Hall–Kier alpha value is 0.140. The maximum atomic E-state index is 12.3. The van der Waals surface area contributed by atoms with Gasteiger partial charge >= 0.3 is 10.2 Å². The van der Waals surface area contributed by atoms with E-state index in [4.69, 9.17) is 0 Å². The molecule has 19 heavy (non-hydrogen) atoms. The van der Waals surface area contributed by atoms with E-state index in [9.17, 15) is 8.42 Å². The Bertz CT molecular complexity index is 543. The molecule has 0 radical (unpaired) electrons. The van der Waals surface area contributed by atoms with Crippen LogP contribution in [0.2, 0.25) is 0 Å². The fourth-order valence-electron chi connectivity index (χ4n) is 2.06. The average molecular weight is 459 g/mol. The van der Waals surface area contributed by atoms with Crippen LogP contribution in [0.1, 0.15) is 25.7 Å². The van der Waals surface area contributed by atoms with Crippen LogP contribution < -0.4 is 4.72 Å². The maximum Gasteiger partial charge on any atom is 0.301 e. The monoisotopic (exact) mass is 458 g/mol. The second-order valence-electron chi connectivity index (χ2n) is 4.55. The third kappa shape index (κ3) is 4.30. The third-order valence-electron chi connectivity index (χ3n) is 3.07.